The van der Waals surface area contributed by atoms with Crippen LogP contribution in [0.3, 0.4) is 0 Å². The van der Waals surface area contributed by atoms with Gasteiger partial charge in [0.1, 0.15) is 16.2 Å². The normalized spacial score (nSPS) is 10.9. The third-order valence-corrected chi connectivity index (χ3v) is 3.94. The van der Waals surface area contributed by atoms with Crippen molar-refractivity contribution in [3.63, 3.8) is 0 Å². The first kappa shape index (κ1) is 15.8. The molecule has 0 aliphatic rings. The monoisotopic (exact) mass is 393 g/mol. The van der Waals surface area contributed by atoms with Gasteiger partial charge in [-0.05, 0) is 28.1 Å². The molecule has 2 rings (SSSR count). The molecule has 3 nitrogen and oxygen atoms in total. The standard InChI is InChI=1S/C13H11BrCl3N3/c1-6(2)13-19-11(14)5-12(20-13)18-10-4-8(16)7(15)3-9(10)17/h3-6H,1-2H3,(H,18,19,20). The van der Waals surface area contributed by atoms with E-state index in [1.54, 1.807) is 18.2 Å². The molecular formula is C13H11BrCl3N3. The van der Waals surface area contributed by atoms with Crippen molar-refractivity contribution >= 4 is 62.2 Å². The first-order valence-corrected chi connectivity index (χ1v) is 7.75. The van der Waals surface area contributed by atoms with Gasteiger partial charge in [-0.25, -0.2) is 9.97 Å². The van der Waals surface area contributed by atoms with Crippen LogP contribution in [0.1, 0.15) is 25.6 Å². The van der Waals surface area contributed by atoms with Gasteiger partial charge in [0.2, 0.25) is 0 Å². The molecule has 1 heterocycles. The summed E-state index contributed by atoms with van der Waals surface area (Å²) >= 11 is 21.4. The maximum Gasteiger partial charge on any atom is 0.135 e. The zero-order valence-electron chi connectivity index (χ0n) is 10.7. The first-order chi connectivity index (χ1) is 9.36. The summed E-state index contributed by atoms with van der Waals surface area (Å²) in [5.74, 6) is 1.59. The summed E-state index contributed by atoms with van der Waals surface area (Å²) in [6, 6.07) is 5.02. The molecule has 0 atom stereocenters. The summed E-state index contributed by atoms with van der Waals surface area (Å²) in [7, 11) is 0. The van der Waals surface area contributed by atoms with E-state index in [0.717, 1.165) is 5.82 Å². The van der Waals surface area contributed by atoms with Crippen molar-refractivity contribution in [1.29, 1.82) is 0 Å². The van der Waals surface area contributed by atoms with E-state index in [2.05, 4.69) is 31.2 Å². The molecule has 2 aromatic rings. The fraction of sp³-hybridized carbons (Fsp3) is 0.231. The van der Waals surface area contributed by atoms with Crippen LogP contribution in [-0.2, 0) is 0 Å². The Morgan fingerprint density at radius 2 is 1.65 bits per heavy atom. The minimum absolute atomic E-state index is 0.220. The third-order valence-electron chi connectivity index (χ3n) is 2.50. The van der Waals surface area contributed by atoms with Gasteiger partial charge >= 0.3 is 0 Å². The van der Waals surface area contributed by atoms with E-state index in [9.17, 15) is 0 Å². The number of hydrogen-bond donors (Lipinski definition) is 1. The second kappa shape index (κ2) is 6.48. The van der Waals surface area contributed by atoms with Gasteiger partial charge in [-0.15, -0.1) is 0 Å². The number of rotatable bonds is 3. The Labute approximate surface area is 140 Å². The lowest BCUT2D eigenvalue weighted by Crippen LogP contribution is -2.02. The van der Waals surface area contributed by atoms with Crippen LogP contribution < -0.4 is 5.32 Å². The first-order valence-electron chi connectivity index (χ1n) is 5.83. The molecule has 1 N–H and O–H groups in total. The molecule has 0 unspecified atom stereocenters. The van der Waals surface area contributed by atoms with Crippen LogP contribution in [0, 0.1) is 0 Å². The molecule has 106 valence electrons. The predicted molar refractivity (Wildman–Crippen MR) is 88.6 cm³/mol. The number of halogens is 4. The summed E-state index contributed by atoms with van der Waals surface area (Å²) < 4.78 is 0.704. The van der Waals surface area contributed by atoms with Crippen LogP contribution in [0.2, 0.25) is 15.1 Å². The van der Waals surface area contributed by atoms with E-state index >= 15 is 0 Å². The lowest BCUT2D eigenvalue weighted by molar-refractivity contribution is 0.771. The molecule has 1 aromatic heterocycles. The van der Waals surface area contributed by atoms with Crippen LogP contribution in [0.25, 0.3) is 0 Å². The number of nitrogens with zero attached hydrogens (tertiary/aromatic N) is 2. The van der Waals surface area contributed by atoms with Gasteiger partial charge < -0.3 is 5.32 Å². The number of benzene rings is 1. The van der Waals surface area contributed by atoms with E-state index < -0.39 is 0 Å². The summed E-state index contributed by atoms with van der Waals surface area (Å²) in [5.41, 5.74) is 0.640. The van der Waals surface area contributed by atoms with Gasteiger partial charge in [0.05, 0.1) is 20.8 Å². The van der Waals surface area contributed by atoms with Gasteiger partial charge in [0.25, 0.3) is 0 Å². The van der Waals surface area contributed by atoms with Crippen LogP contribution in [0.15, 0.2) is 22.8 Å². The average molecular weight is 396 g/mol. The fourth-order valence-electron chi connectivity index (χ4n) is 1.51. The molecule has 0 spiro atoms. The zero-order chi connectivity index (χ0) is 14.9. The Morgan fingerprint density at radius 3 is 2.30 bits per heavy atom. The van der Waals surface area contributed by atoms with Gasteiger partial charge in [0, 0.05) is 12.0 Å². The summed E-state index contributed by atoms with van der Waals surface area (Å²) in [6.45, 7) is 4.05. The van der Waals surface area contributed by atoms with E-state index in [1.165, 1.54) is 0 Å². The second-order valence-electron chi connectivity index (χ2n) is 4.46. The highest BCUT2D eigenvalue weighted by Crippen LogP contribution is 2.34. The highest BCUT2D eigenvalue weighted by molar-refractivity contribution is 9.10. The number of anilines is 2. The van der Waals surface area contributed by atoms with Crippen molar-refractivity contribution in [1.82, 2.24) is 9.97 Å². The van der Waals surface area contributed by atoms with Crippen LogP contribution >= 0.6 is 50.7 Å². The molecule has 0 amide bonds. The Morgan fingerprint density at radius 1 is 1.00 bits per heavy atom. The van der Waals surface area contributed by atoms with Crippen molar-refractivity contribution in [3.8, 4) is 0 Å². The number of aromatic nitrogens is 2. The highest BCUT2D eigenvalue weighted by Gasteiger charge is 2.10. The predicted octanol–water partition coefficient (Wildman–Crippen LogP) is 6.07. The topological polar surface area (TPSA) is 37.8 Å². The van der Waals surface area contributed by atoms with Gasteiger partial charge in [-0.1, -0.05) is 48.7 Å². The number of nitrogens with one attached hydrogen (secondary N) is 1. The molecule has 0 fully saturated rings. The minimum atomic E-state index is 0.220. The van der Waals surface area contributed by atoms with Crippen LogP contribution in [0.5, 0.6) is 0 Å². The largest absolute Gasteiger partial charge is 0.339 e. The Balaban J connectivity index is 2.37. The van der Waals surface area contributed by atoms with Gasteiger partial charge in [0.15, 0.2) is 0 Å². The lowest BCUT2D eigenvalue weighted by Gasteiger charge is -2.11. The molecule has 0 radical (unpaired) electrons. The molecule has 0 aliphatic heterocycles. The SMILES string of the molecule is CC(C)c1nc(Br)cc(Nc2cc(Cl)c(Cl)cc2Cl)n1. The van der Waals surface area contributed by atoms with Crippen molar-refractivity contribution in [2.45, 2.75) is 19.8 Å². The molecule has 0 saturated heterocycles. The van der Waals surface area contributed by atoms with Gasteiger partial charge in [-0.2, -0.15) is 0 Å². The van der Waals surface area contributed by atoms with E-state index in [0.29, 0.717) is 31.2 Å². The molecule has 0 saturated carbocycles. The van der Waals surface area contributed by atoms with E-state index in [1.807, 2.05) is 13.8 Å². The Kier molecular flexibility index (Phi) is 5.13. The summed E-state index contributed by atoms with van der Waals surface area (Å²) in [5, 5.41) is 4.43. The highest BCUT2D eigenvalue weighted by atomic mass is 79.9. The summed E-state index contributed by atoms with van der Waals surface area (Å²) in [4.78, 5) is 8.75. The van der Waals surface area contributed by atoms with Crippen LogP contribution in [-0.4, -0.2) is 9.97 Å². The molecule has 0 aliphatic carbocycles. The lowest BCUT2D eigenvalue weighted by atomic mass is 10.2. The molecule has 0 bridgehead atoms. The average Bonchev–Trinajstić information content (AvgIpc) is 2.35. The maximum absolute atomic E-state index is 6.13. The van der Waals surface area contributed by atoms with Crippen molar-refractivity contribution in [2.75, 3.05) is 5.32 Å². The van der Waals surface area contributed by atoms with E-state index in [-0.39, 0.29) is 5.92 Å². The van der Waals surface area contributed by atoms with E-state index in [4.69, 9.17) is 34.8 Å². The van der Waals surface area contributed by atoms with Crippen LogP contribution in [0.4, 0.5) is 11.5 Å². The Hall–Kier alpha value is -0.550. The fourth-order valence-corrected chi connectivity index (χ4v) is 2.51. The van der Waals surface area contributed by atoms with Gasteiger partial charge in [-0.3, -0.25) is 0 Å². The minimum Gasteiger partial charge on any atom is -0.339 e. The Bertz CT molecular complexity index is 647. The molecular weight excluding hydrogens is 384 g/mol. The molecule has 7 heteroatoms. The molecule has 20 heavy (non-hydrogen) atoms. The quantitative estimate of drug-likeness (QED) is 0.506. The second-order valence-corrected chi connectivity index (χ2v) is 6.49. The number of hydrogen-bond acceptors (Lipinski definition) is 3. The third kappa shape index (κ3) is 3.76. The summed E-state index contributed by atoms with van der Waals surface area (Å²) in [6.07, 6.45) is 0. The van der Waals surface area contributed by atoms with Crippen molar-refractivity contribution in [2.24, 2.45) is 0 Å². The zero-order valence-corrected chi connectivity index (χ0v) is 14.6. The van der Waals surface area contributed by atoms with Crippen molar-refractivity contribution in [3.05, 3.63) is 43.7 Å². The van der Waals surface area contributed by atoms with Crippen molar-refractivity contribution < 1.29 is 0 Å². The molecule has 1 aromatic carbocycles. The smallest absolute Gasteiger partial charge is 0.135 e. The maximum atomic E-state index is 6.13.